The van der Waals surface area contributed by atoms with E-state index in [4.69, 9.17) is 0 Å². The average Bonchev–Trinajstić information content (AvgIpc) is 0.766. The predicted octanol–water partition coefficient (Wildman–Crippen LogP) is 38.1. The Morgan fingerprint density at radius 2 is 0.318 bits per heavy atom. The molecular formula is C131H139Br2LiO2P2S10. The molecule has 0 unspecified atom stereocenters. The summed E-state index contributed by atoms with van der Waals surface area (Å²) < 4.78 is 25.1. The van der Waals surface area contributed by atoms with Crippen LogP contribution < -0.4 is 29.5 Å². The SMILES string of the molecule is Brc1ccc(SC(c2ccccc2)(c2ccccc2)c2ccccc2)cc1.CC.CC.CC.CC.CC.CP(C)(=O)c1ccc(S)cc1.CP(C)(=O)c1ccc(SC(c2ccccc2)(c2ccccc2)c2ccccc2)cc1.Sc1ccc(Br)cc1.Sc1ccccc1.Sc1ccccc1.Sc1ccccc1.Sc1ccccc1.Sc1ccccc1.[Li+].[c-]1ccc(SC(c2ccccc2)(c2ccccc2)c2ccccc2)cc1. The van der Waals surface area contributed by atoms with Gasteiger partial charge >= 0.3 is 18.9 Å². The Morgan fingerprint density at radius 1 is 0.189 bits per heavy atom. The number of rotatable bonds is 17. The van der Waals surface area contributed by atoms with Crippen molar-refractivity contribution >= 4 is 180 Å². The van der Waals surface area contributed by atoms with Crippen LogP contribution in [0, 0.1) is 6.07 Å². The van der Waals surface area contributed by atoms with E-state index < -0.39 is 19.0 Å². The van der Waals surface area contributed by atoms with Gasteiger partial charge in [0.25, 0.3) is 0 Å². The molecule has 19 aromatic carbocycles. The first kappa shape index (κ1) is 131. The van der Waals surface area contributed by atoms with Crippen molar-refractivity contribution in [3.05, 3.63) is 611 Å². The maximum Gasteiger partial charge on any atom is 1.00 e. The Hall–Kier alpha value is -9.30. The van der Waals surface area contributed by atoms with E-state index in [1.54, 1.807) is 13.3 Å². The van der Waals surface area contributed by atoms with E-state index in [0.717, 1.165) is 58.7 Å². The molecule has 19 aromatic rings. The molecule has 0 amide bonds. The van der Waals surface area contributed by atoms with Gasteiger partial charge in [-0.3, -0.25) is 0 Å². The molecule has 0 atom stereocenters. The molecule has 2 nitrogen and oxygen atoms in total. The van der Waals surface area contributed by atoms with E-state index in [2.05, 4.69) is 448 Å². The molecule has 0 bridgehead atoms. The Bertz CT molecular complexity index is 6090. The molecule has 0 fully saturated rings. The van der Waals surface area contributed by atoms with E-state index in [9.17, 15) is 9.13 Å². The molecule has 0 N–H and O–H groups in total. The van der Waals surface area contributed by atoms with Crippen LogP contribution in [0.1, 0.15) is 119 Å². The number of thiol groups is 7. The van der Waals surface area contributed by atoms with Crippen molar-refractivity contribution in [1.82, 2.24) is 0 Å². The van der Waals surface area contributed by atoms with Crippen molar-refractivity contribution in [3.8, 4) is 0 Å². The van der Waals surface area contributed by atoms with Gasteiger partial charge in [0, 0.05) is 63.6 Å². The van der Waals surface area contributed by atoms with E-state index >= 15 is 0 Å². The minimum atomic E-state index is -2.27. The number of halogens is 2. The van der Waals surface area contributed by atoms with Crippen molar-refractivity contribution in [1.29, 1.82) is 0 Å². The third kappa shape index (κ3) is 46.9. The van der Waals surface area contributed by atoms with Crippen LogP contribution in [0.5, 0.6) is 0 Å². The van der Waals surface area contributed by atoms with Crippen molar-refractivity contribution in [3.63, 3.8) is 0 Å². The maximum atomic E-state index is 12.5. The van der Waals surface area contributed by atoms with E-state index in [-0.39, 0.29) is 28.4 Å². The molecular weight excluding hydrogens is 2150 g/mol. The third-order valence-corrected chi connectivity index (χ3v) is 31.3. The first-order chi connectivity index (χ1) is 71.4. The predicted molar refractivity (Wildman–Crippen MR) is 680 cm³/mol. The summed E-state index contributed by atoms with van der Waals surface area (Å²) in [7, 11) is -4.34. The molecule has 0 aliphatic rings. The van der Waals surface area contributed by atoms with Gasteiger partial charge < -0.3 is 9.13 Å². The van der Waals surface area contributed by atoms with Gasteiger partial charge in [-0.1, -0.05) is 489 Å². The van der Waals surface area contributed by atoms with Crippen LogP contribution in [0.4, 0.5) is 0 Å². The molecule has 0 aromatic heterocycles. The number of hydrogen-bond donors (Lipinski definition) is 7. The molecule has 0 aliphatic heterocycles. The van der Waals surface area contributed by atoms with E-state index in [0.29, 0.717) is 0 Å². The largest absolute Gasteiger partial charge is 1.00 e. The molecule has 760 valence electrons. The number of benzene rings is 19. The van der Waals surface area contributed by atoms with Gasteiger partial charge in [0.2, 0.25) is 0 Å². The molecule has 0 heterocycles. The smallest absolute Gasteiger partial charge is 0.319 e. The molecule has 148 heavy (non-hydrogen) atoms. The second-order valence-corrected chi connectivity index (χ2v) is 46.9. The number of hydrogen-bond acceptors (Lipinski definition) is 12. The summed E-state index contributed by atoms with van der Waals surface area (Å²) in [6, 6.07) is 189. The fourth-order valence-electron chi connectivity index (χ4n) is 13.8. The van der Waals surface area contributed by atoms with Crippen LogP contribution in [0.25, 0.3) is 0 Å². The summed E-state index contributed by atoms with van der Waals surface area (Å²) in [4.78, 5) is 10.6. The van der Waals surface area contributed by atoms with Crippen LogP contribution in [-0.4, -0.2) is 26.7 Å². The summed E-state index contributed by atoms with van der Waals surface area (Å²) in [5.41, 5.74) is 11.3. The summed E-state index contributed by atoms with van der Waals surface area (Å²) in [6.07, 6.45) is 0. The molecule has 19 rings (SSSR count). The van der Waals surface area contributed by atoms with Crippen LogP contribution in [0.15, 0.2) is 604 Å². The molecule has 17 heteroatoms. The van der Waals surface area contributed by atoms with Gasteiger partial charge in [0.15, 0.2) is 0 Å². The van der Waals surface area contributed by atoms with Gasteiger partial charge in [-0.05, 0) is 210 Å². The van der Waals surface area contributed by atoms with Crippen molar-refractivity contribution < 1.29 is 28.0 Å². The van der Waals surface area contributed by atoms with Crippen molar-refractivity contribution in [2.75, 3.05) is 26.7 Å². The minimum Gasteiger partial charge on any atom is -0.319 e. The zero-order chi connectivity index (χ0) is 107. The zero-order valence-corrected chi connectivity index (χ0v) is 101. The second-order valence-electron chi connectivity index (χ2n) is 31.2. The third-order valence-electron chi connectivity index (χ3n) is 20.5. The van der Waals surface area contributed by atoms with E-state index in [1.807, 2.05) is 342 Å². The van der Waals surface area contributed by atoms with Gasteiger partial charge in [0.05, 0.1) is 14.2 Å². The average molecular weight is 2290 g/mol. The Balaban J connectivity index is 0.000000358. The normalized spacial score (nSPS) is 10.1. The first-order valence-electron chi connectivity index (χ1n) is 48.9. The fraction of sp³-hybridized carbons (Fsp3) is 0.130. The Morgan fingerprint density at radius 3 is 0.466 bits per heavy atom. The van der Waals surface area contributed by atoms with Crippen LogP contribution in [-0.2, 0) is 23.4 Å². The van der Waals surface area contributed by atoms with E-state index in [1.165, 1.54) is 59.9 Å². The summed E-state index contributed by atoms with van der Waals surface area (Å²) in [5, 5.41) is 1.83. The van der Waals surface area contributed by atoms with Crippen LogP contribution >= 0.6 is 170 Å². The summed E-state index contributed by atoms with van der Waals surface area (Å²) in [6.45, 7) is 27.2. The number of thioether (sulfide) groups is 3. The first-order valence-corrected chi connectivity index (χ1v) is 61.2. The van der Waals surface area contributed by atoms with Crippen LogP contribution in [0.3, 0.4) is 0 Å². The van der Waals surface area contributed by atoms with Gasteiger partial charge in [-0.15, -0.1) is 129 Å². The molecule has 0 saturated carbocycles. The van der Waals surface area contributed by atoms with Crippen LogP contribution in [0.2, 0.25) is 0 Å². The standard InChI is InChI=1S/C27H25OPS.C25H19BrS.C25H19S.C8H11OPS.C6H5BrS.5C6H6S.5C2H6.Li/c1-29(2,28)25-18-20-26(21-19-25)30-27(22-12-6-3-7-13-22,23-14-8-4-9-15-23)24-16-10-5-11-17-24;26-23-16-18-24(19-17-23)27-25(20-10-4-1-5-11-20,21-12-6-2-7-13-21)22-14-8-3-9-15-22;1-5-13-21(14-6-1)25(22-15-7-2-8-16-22,23-17-9-3-10-18-23)26-24-19-11-4-12-20-24;1-10(2,9)7-3-5-8(11)6-4-7;7-5-1-3-6(8)4-2-5;5*7-6-4-2-1-3-5-6;5*1-2;/h3-21H,1-2H3;1-19H;1-3,5-20H;3-6,11H,1-2H3;1-4,8H;5*1-5,7H;5*1-2H3;/q;;-1;;;;;;;;;;;;;+1. The van der Waals surface area contributed by atoms with Gasteiger partial charge in [-0.2, -0.15) is 30.3 Å². The molecule has 0 aliphatic carbocycles. The van der Waals surface area contributed by atoms with Gasteiger partial charge in [-0.25, -0.2) is 0 Å². The fourth-order valence-corrected chi connectivity index (χ4v) is 21.4. The quantitative estimate of drug-likeness (QED) is 0.0124. The maximum absolute atomic E-state index is 12.5. The molecule has 0 radical (unpaired) electrons. The van der Waals surface area contributed by atoms with Crippen molar-refractivity contribution in [2.45, 2.75) is 132 Å². The summed E-state index contributed by atoms with van der Waals surface area (Å²) >= 11 is 41.1. The molecule has 0 spiro atoms. The monoisotopic (exact) mass is 2290 g/mol. The van der Waals surface area contributed by atoms with Gasteiger partial charge in [0.1, 0.15) is 14.3 Å². The minimum absolute atomic E-state index is 0. The second kappa shape index (κ2) is 76.3. The Labute approximate surface area is 968 Å². The Kier molecular flexibility index (Phi) is 67.5. The summed E-state index contributed by atoms with van der Waals surface area (Å²) in [5.74, 6) is 0. The topological polar surface area (TPSA) is 34.1 Å². The van der Waals surface area contributed by atoms with Crippen molar-refractivity contribution in [2.24, 2.45) is 0 Å². The molecule has 0 saturated heterocycles. The zero-order valence-electron chi connectivity index (χ0n) is 87.3.